The first-order valence-electron chi connectivity index (χ1n) is 6.06. The van der Waals surface area contributed by atoms with Crippen LogP contribution in [0.1, 0.15) is 26.2 Å². The summed E-state index contributed by atoms with van der Waals surface area (Å²) in [6, 6.07) is 7.44. The molecule has 1 unspecified atom stereocenters. The highest BCUT2D eigenvalue weighted by molar-refractivity contribution is 7.84. The third kappa shape index (κ3) is 5.73. The van der Waals surface area contributed by atoms with Crippen LogP contribution in [0.2, 0.25) is 0 Å². The first-order valence-corrected chi connectivity index (χ1v) is 7.55. The molecule has 1 rings (SSSR count). The molecular formula is C13H21NO2S. The van der Waals surface area contributed by atoms with Crippen LogP contribution < -0.4 is 10.5 Å². The second-order valence-electron chi connectivity index (χ2n) is 3.94. The van der Waals surface area contributed by atoms with Crippen LogP contribution in [0.25, 0.3) is 0 Å². The van der Waals surface area contributed by atoms with E-state index in [1.165, 1.54) is 0 Å². The Morgan fingerprint density at radius 1 is 1.24 bits per heavy atom. The summed E-state index contributed by atoms with van der Waals surface area (Å²) in [5.41, 5.74) is 6.40. The molecule has 96 valence electrons. The molecule has 0 radical (unpaired) electrons. The van der Waals surface area contributed by atoms with Crippen molar-refractivity contribution in [1.82, 2.24) is 0 Å². The summed E-state index contributed by atoms with van der Waals surface area (Å²) in [5.74, 6) is 2.24. The zero-order chi connectivity index (χ0) is 12.5. The van der Waals surface area contributed by atoms with Crippen molar-refractivity contribution < 1.29 is 8.95 Å². The lowest BCUT2D eigenvalue weighted by molar-refractivity contribution is 0.320. The lowest BCUT2D eigenvalue weighted by atomic mass is 10.3. The average Bonchev–Trinajstić information content (AvgIpc) is 2.34. The van der Waals surface area contributed by atoms with Crippen LogP contribution in [0.5, 0.6) is 5.75 Å². The number of nitrogens with two attached hydrogens (primary N) is 1. The third-order valence-corrected chi connectivity index (χ3v) is 3.91. The van der Waals surface area contributed by atoms with E-state index in [1.807, 2.05) is 24.3 Å². The van der Waals surface area contributed by atoms with Gasteiger partial charge in [0, 0.05) is 22.3 Å². The number of ether oxygens (including phenoxy) is 1. The molecule has 1 aromatic carbocycles. The molecule has 4 heteroatoms. The molecule has 17 heavy (non-hydrogen) atoms. The molecule has 0 saturated carbocycles. The van der Waals surface area contributed by atoms with Gasteiger partial charge in [-0.05, 0) is 25.0 Å². The molecule has 2 N–H and O–H groups in total. The molecule has 0 aliphatic carbocycles. The molecule has 0 fully saturated rings. The lowest BCUT2D eigenvalue weighted by Gasteiger charge is -2.08. The molecule has 3 nitrogen and oxygen atoms in total. The highest BCUT2D eigenvalue weighted by Crippen LogP contribution is 2.19. The highest BCUT2D eigenvalue weighted by atomic mass is 32.2. The van der Waals surface area contributed by atoms with E-state index < -0.39 is 10.8 Å². The number of hydrogen-bond donors (Lipinski definition) is 1. The van der Waals surface area contributed by atoms with Crippen LogP contribution in [-0.4, -0.2) is 22.3 Å². The van der Waals surface area contributed by atoms with Crippen molar-refractivity contribution in [1.29, 1.82) is 0 Å². The van der Waals surface area contributed by atoms with Crippen molar-refractivity contribution in [3.8, 4) is 5.75 Å². The molecule has 1 atom stereocenters. The monoisotopic (exact) mass is 255 g/mol. The van der Waals surface area contributed by atoms with Crippen LogP contribution in [0.3, 0.4) is 0 Å². The first-order chi connectivity index (χ1) is 8.24. The largest absolute Gasteiger partial charge is 0.491 e. The molecular weight excluding hydrogens is 234 g/mol. The Kier molecular flexibility index (Phi) is 6.70. The van der Waals surface area contributed by atoms with Crippen molar-refractivity contribution in [3.05, 3.63) is 24.3 Å². The van der Waals surface area contributed by atoms with E-state index in [9.17, 15) is 4.21 Å². The number of para-hydroxylation sites is 2. The molecule has 0 aromatic heterocycles. The first kappa shape index (κ1) is 14.0. The van der Waals surface area contributed by atoms with Crippen LogP contribution in [-0.2, 0) is 10.8 Å². The summed E-state index contributed by atoms with van der Waals surface area (Å²) in [6.07, 6.45) is 2.95. The van der Waals surface area contributed by atoms with Gasteiger partial charge < -0.3 is 10.5 Å². The minimum Gasteiger partial charge on any atom is -0.491 e. The molecule has 0 aliphatic heterocycles. The van der Waals surface area contributed by atoms with E-state index in [2.05, 4.69) is 6.92 Å². The van der Waals surface area contributed by atoms with E-state index in [0.29, 0.717) is 23.8 Å². The van der Waals surface area contributed by atoms with Gasteiger partial charge in [0.25, 0.3) is 0 Å². The van der Waals surface area contributed by atoms with Crippen molar-refractivity contribution in [2.45, 2.75) is 26.2 Å². The summed E-state index contributed by atoms with van der Waals surface area (Å²) in [7, 11) is -0.694. The Hall–Kier alpha value is -1.03. The molecule has 0 heterocycles. The van der Waals surface area contributed by atoms with Gasteiger partial charge in [-0.3, -0.25) is 4.21 Å². The van der Waals surface area contributed by atoms with Gasteiger partial charge in [-0.2, -0.15) is 0 Å². The van der Waals surface area contributed by atoms with E-state index >= 15 is 0 Å². The van der Waals surface area contributed by atoms with Crippen LogP contribution in [0, 0.1) is 0 Å². The van der Waals surface area contributed by atoms with Crippen molar-refractivity contribution in [2.75, 3.05) is 23.8 Å². The van der Waals surface area contributed by atoms with Crippen molar-refractivity contribution in [2.24, 2.45) is 0 Å². The van der Waals surface area contributed by atoms with E-state index in [-0.39, 0.29) is 0 Å². The van der Waals surface area contributed by atoms with Gasteiger partial charge in [0.2, 0.25) is 0 Å². The molecule has 1 aromatic rings. The van der Waals surface area contributed by atoms with Gasteiger partial charge in [0.1, 0.15) is 5.75 Å². The molecule has 0 spiro atoms. The van der Waals surface area contributed by atoms with E-state index in [0.717, 1.165) is 25.0 Å². The Labute approximate surface area is 106 Å². The normalized spacial score (nSPS) is 12.3. The van der Waals surface area contributed by atoms with Gasteiger partial charge in [-0.25, -0.2) is 0 Å². The molecule has 0 saturated heterocycles. The van der Waals surface area contributed by atoms with Gasteiger partial charge in [0.05, 0.1) is 12.3 Å². The Morgan fingerprint density at radius 2 is 1.94 bits per heavy atom. The second kappa shape index (κ2) is 8.12. The minimum absolute atomic E-state index is 0.575. The topological polar surface area (TPSA) is 52.3 Å². The second-order valence-corrected chi connectivity index (χ2v) is 5.64. The maximum atomic E-state index is 11.5. The fourth-order valence-corrected chi connectivity index (χ4v) is 2.68. The maximum absolute atomic E-state index is 11.5. The van der Waals surface area contributed by atoms with Gasteiger partial charge in [-0.1, -0.05) is 25.5 Å². The Morgan fingerprint density at radius 3 is 2.65 bits per heavy atom. The lowest BCUT2D eigenvalue weighted by Crippen LogP contribution is -2.07. The Bertz CT molecular complexity index is 355. The number of nitrogen functional groups attached to an aromatic ring is 1. The molecule has 0 aliphatic rings. The van der Waals surface area contributed by atoms with Crippen LogP contribution >= 0.6 is 0 Å². The summed E-state index contributed by atoms with van der Waals surface area (Å²) >= 11 is 0. The fourth-order valence-electron chi connectivity index (χ4n) is 1.42. The zero-order valence-electron chi connectivity index (χ0n) is 10.4. The highest BCUT2D eigenvalue weighted by Gasteiger charge is 2.01. The number of hydrogen-bond acceptors (Lipinski definition) is 3. The summed E-state index contributed by atoms with van der Waals surface area (Å²) in [4.78, 5) is 0. The summed E-state index contributed by atoms with van der Waals surface area (Å²) < 4.78 is 17.0. The molecule has 0 amide bonds. The predicted octanol–water partition coefficient (Wildman–Crippen LogP) is 2.59. The van der Waals surface area contributed by atoms with Gasteiger partial charge in [0.15, 0.2) is 0 Å². The SMILES string of the molecule is CCCCS(=O)CCCOc1ccccc1N. The smallest absolute Gasteiger partial charge is 0.142 e. The van der Waals surface area contributed by atoms with Gasteiger partial charge >= 0.3 is 0 Å². The minimum atomic E-state index is -0.694. The zero-order valence-corrected chi connectivity index (χ0v) is 11.2. The Balaban J connectivity index is 2.16. The van der Waals surface area contributed by atoms with Crippen molar-refractivity contribution >= 4 is 16.5 Å². The van der Waals surface area contributed by atoms with Crippen LogP contribution in [0.15, 0.2) is 24.3 Å². The number of anilines is 1. The van der Waals surface area contributed by atoms with Gasteiger partial charge in [-0.15, -0.1) is 0 Å². The fraction of sp³-hybridized carbons (Fsp3) is 0.538. The maximum Gasteiger partial charge on any atom is 0.142 e. The predicted molar refractivity (Wildman–Crippen MR) is 73.8 cm³/mol. The number of unbranched alkanes of at least 4 members (excludes halogenated alkanes) is 1. The van der Waals surface area contributed by atoms with E-state index in [1.54, 1.807) is 0 Å². The van der Waals surface area contributed by atoms with Crippen molar-refractivity contribution in [3.63, 3.8) is 0 Å². The average molecular weight is 255 g/mol. The molecule has 0 bridgehead atoms. The number of benzene rings is 1. The summed E-state index contributed by atoms with van der Waals surface area (Å²) in [5, 5.41) is 0. The standard InChI is InChI=1S/C13H21NO2S/c1-2-3-10-17(15)11-6-9-16-13-8-5-4-7-12(13)14/h4-5,7-8H,2-3,6,9-11,14H2,1H3. The third-order valence-electron chi connectivity index (χ3n) is 2.42. The number of rotatable bonds is 8. The quantitative estimate of drug-likeness (QED) is 0.574. The van der Waals surface area contributed by atoms with E-state index in [4.69, 9.17) is 10.5 Å². The summed E-state index contributed by atoms with van der Waals surface area (Å²) in [6.45, 7) is 2.69. The van der Waals surface area contributed by atoms with Crippen LogP contribution in [0.4, 0.5) is 5.69 Å².